The first-order valence-electron chi connectivity index (χ1n) is 9.38. The molecule has 0 saturated heterocycles. The summed E-state index contributed by atoms with van der Waals surface area (Å²) in [6.07, 6.45) is 13.0. The summed E-state index contributed by atoms with van der Waals surface area (Å²) in [6, 6.07) is 0. The topological polar surface area (TPSA) is 27.7 Å². The van der Waals surface area contributed by atoms with Gasteiger partial charge in [-0.1, -0.05) is 46.0 Å². The third-order valence-corrected chi connectivity index (χ3v) is 10.2. The van der Waals surface area contributed by atoms with Crippen molar-refractivity contribution in [3.63, 3.8) is 0 Å². The van der Waals surface area contributed by atoms with E-state index in [-0.39, 0.29) is 5.04 Å². The van der Waals surface area contributed by atoms with Crippen LogP contribution in [0.2, 0.25) is 5.04 Å². The summed E-state index contributed by atoms with van der Waals surface area (Å²) < 4.78 is 18.7. The Labute approximate surface area is 138 Å². The van der Waals surface area contributed by atoms with E-state index in [1.807, 2.05) is 14.2 Å². The van der Waals surface area contributed by atoms with Gasteiger partial charge in [0.25, 0.3) is 0 Å². The van der Waals surface area contributed by atoms with E-state index in [9.17, 15) is 0 Å². The maximum atomic E-state index is 6.45. The van der Waals surface area contributed by atoms with Gasteiger partial charge >= 0.3 is 8.80 Å². The standard InChI is InChI=1S/C18H36O3Si/c1-5-6-15-21-22(19-3,20-4)18(2,16-11-7-8-12-16)17-13-9-10-14-17/h16-17H,5-15H2,1-4H3. The molecular weight excluding hydrogens is 292 g/mol. The van der Waals surface area contributed by atoms with Gasteiger partial charge in [0.05, 0.1) is 0 Å². The minimum atomic E-state index is -2.66. The Morgan fingerprint density at radius 3 is 1.73 bits per heavy atom. The molecule has 2 aliphatic rings. The second kappa shape index (κ2) is 8.27. The molecule has 0 bridgehead atoms. The Bertz CT molecular complexity index is 302. The van der Waals surface area contributed by atoms with E-state index < -0.39 is 8.80 Å². The molecule has 0 atom stereocenters. The second-order valence-corrected chi connectivity index (χ2v) is 10.7. The molecule has 0 aromatic rings. The van der Waals surface area contributed by atoms with E-state index in [1.165, 1.54) is 51.4 Å². The maximum Gasteiger partial charge on any atom is 0.507 e. The van der Waals surface area contributed by atoms with E-state index in [0.29, 0.717) is 11.8 Å². The Morgan fingerprint density at radius 2 is 1.36 bits per heavy atom. The van der Waals surface area contributed by atoms with Crippen LogP contribution in [0.25, 0.3) is 0 Å². The van der Waals surface area contributed by atoms with Crippen LogP contribution in [0.1, 0.15) is 78.1 Å². The molecule has 0 radical (unpaired) electrons. The molecule has 130 valence electrons. The van der Waals surface area contributed by atoms with E-state index in [4.69, 9.17) is 13.3 Å². The predicted octanol–water partition coefficient (Wildman–Crippen LogP) is 5.18. The maximum absolute atomic E-state index is 6.45. The fourth-order valence-corrected chi connectivity index (χ4v) is 8.62. The Hall–Kier alpha value is 0.0969. The van der Waals surface area contributed by atoms with Gasteiger partial charge in [0.2, 0.25) is 0 Å². The van der Waals surface area contributed by atoms with Crippen molar-refractivity contribution in [1.82, 2.24) is 0 Å². The zero-order chi connectivity index (χ0) is 16.1. The van der Waals surface area contributed by atoms with Gasteiger partial charge in [-0.05, 0) is 43.9 Å². The van der Waals surface area contributed by atoms with Gasteiger partial charge < -0.3 is 13.3 Å². The van der Waals surface area contributed by atoms with Crippen molar-refractivity contribution in [2.45, 2.75) is 83.1 Å². The molecule has 2 rings (SSSR count). The summed E-state index contributed by atoms with van der Waals surface area (Å²) in [5, 5.41) is 0.0945. The molecule has 22 heavy (non-hydrogen) atoms. The quantitative estimate of drug-likeness (QED) is 0.431. The highest BCUT2D eigenvalue weighted by molar-refractivity contribution is 6.64. The summed E-state index contributed by atoms with van der Waals surface area (Å²) in [6.45, 7) is 5.43. The summed E-state index contributed by atoms with van der Waals surface area (Å²) in [4.78, 5) is 0. The Morgan fingerprint density at radius 1 is 0.909 bits per heavy atom. The lowest BCUT2D eigenvalue weighted by atomic mass is 9.79. The van der Waals surface area contributed by atoms with Crippen molar-refractivity contribution in [1.29, 1.82) is 0 Å². The first kappa shape index (κ1) is 18.4. The molecule has 3 nitrogen and oxygen atoms in total. The predicted molar refractivity (Wildman–Crippen MR) is 92.9 cm³/mol. The third kappa shape index (κ3) is 3.30. The highest BCUT2D eigenvalue weighted by Gasteiger charge is 2.64. The van der Waals surface area contributed by atoms with Crippen LogP contribution >= 0.6 is 0 Å². The SMILES string of the molecule is CCCCO[Si](OC)(OC)C(C)(C1CCCC1)C1CCCC1. The monoisotopic (exact) mass is 328 g/mol. The molecule has 0 N–H and O–H groups in total. The molecule has 0 aromatic carbocycles. The van der Waals surface area contributed by atoms with Crippen LogP contribution in [-0.4, -0.2) is 29.6 Å². The highest BCUT2D eigenvalue weighted by Crippen LogP contribution is 2.61. The lowest BCUT2D eigenvalue weighted by Gasteiger charge is -2.49. The molecule has 0 heterocycles. The number of hydrogen-bond donors (Lipinski definition) is 0. The molecule has 2 saturated carbocycles. The third-order valence-electron chi connectivity index (χ3n) is 6.39. The summed E-state index contributed by atoms with van der Waals surface area (Å²) >= 11 is 0. The summed E-state index contributed by atoms with van der Waals surface area (Å²) in [7, 11) is 0.982. The number of rotatable bonds is 9. The average molecular weight is 329 g/mol. The lowest BCUT2D eigenvalue weighted by molar-refractivity contribution is 0.0369. The van der Waals surface area contributed by atoms with Gasteiger partial charge in [-0.3, -0.25) is 0 Å². The van der Waals surface area contributed by atoms with Gasteiger partial charge in [0.1, 0.15) is 0 Å². The van der Waals surface area contributed by atoms with Crippen LogP contribution in [0, 0.1) is 11.8 Å². The zero-order valence-electron chi connectivity index (χ0n) is 15.2. The van der Waals surface area contributed by atoms with Gasteiger partial charge in [0, 0.05) is 25.9 Å². The van der Waals surface area contributed by atoms with Crippen molar-refractivity contribution in [2.24, 2.45) is 11.8 Å². The first-order valence-corrected chi connectivity index (χ1v) is 11.1. The molecule has 0 aliphatic heterocycles. The van der Waals surface area contributed by atoms with E-state index in [2.05, 4.69) is 13.8 Å². The van der Waals surface area contributed by atoms with Gasteiger partial charge in [0.15, 0.2) is 0 Å². The smallest absolute Gasteiger partial charge is 0.376 e. The van der Waals surface area contributed by atoms with E-state index >= 15 is 0 Å². The molecule has 2 fully saturated rings. The van der Waals surface area contributed by atoms with Crippen molar-refractivity contribution in [2.75, 3.05) is 20.8 Å². The molecular formula is C18H36O3Si. The van der Waals surface area contributed by atoms with Crippen molar-refractivity contribution in [3.05, 3.63) is 0 Å². The van der Waals surface area contributed by atoms with Crippen LogP contribution in [0.5, 0.6) is 0 Å². The first-order chi connectivity index (χ1) is 10.6. The molecule has 0 unspecified atom stereocenters. The van der Waals surface area contributed by atoms with Crippen LogP contribution in [-0.2, 0) is 13.3 Å². The molecule has 0 spiro atoms. The average Bonchev–Trinajstić information content (AvgIpc) is 3.25. The highest BCUT2D eigenvalue weighted by atomic mass is 28.4. The van der Waals surface area contributed by atoms with Crippen LogP contribution in [0.3, 0.4) is 0 Å². The number of unbranched alkanes of at least 4 members (excludes halogenated alkanes) is 1. The number of hydrogen-bond acceptors (Lipinski definition) is 3. The van der Waals surface area contributed by atoms with Crippen LogP contribution < -0.4 is 0 Å². The summed E-state index contributed by atoms with van der Waals surface area (Å²) in [5.74, 6) is 1.42. The van der Waals surface area contributed by atoms with E-state index in [0.717, 1.165) is 19.4 Å². The molecule has 0 aromatic heterocycles. The second-order valence-electron chi connectivity index (χ2n) is 7.41. The minimum absolute atomic E-state index is 0.0945. The Balaban J connectivity index is 2.29. The largest absolute Gasteiger partial charge is 0.507 e. The van der Waals surface area contributed by atoms with Crippen molar-refractivity contribution in [3.8, 4) is 0 Å². The van der Waals surface area contributed by atoms with Crippen molar-refractivity contribution >= 4 is 8.80 Å². The van der Waals surface area contributed by atoms with Crippen LogP contribution in [0.4, 0.5) is 0 Å². The lowest BCUT2D eigenvalue weighted by Crippen LogP contribution is -2.59. The van der Waals surface area contributed by atoms with Crippen LogP contribution in [0.15, 0.2) is 0 Å². The fraction of sp³-hybridized carbons (Fsp3) is 1.00. The molecule has 0 amide bonds. The Kier molecular flexibility index (Phi) is 6.93. The van der Waals surface area contributed by atoms with Crippen molar-refractivity contribution < 1.29 is 13.3 Å². The normalized spacial score (nSPS) is 21.8. The van der Waals surface area contributed by atoms with Gasteiger partial charge in [-0.25, -0.2) is 0 Å². The minimum Gasteiger partial charge on any atom is -0.376 e. The molecule has 4 heteroatoms. The molecule has 2 aliphatic carbocycles. The summed E-state index contributed by atoms with van der Waals surface area (Å²) in [5.41, 5.74) is 0. The van der Waals surface area contributed by atoms with E-state index in [1.54, 1.807) is 0 Å². The van der Waals surface area contributed by atoms with Gasteiger partial charge in [-0.2, -0.15) is 0 Å². The van der Waals surface area contributed by atoms with Gasteiger partial charge in [-0.15, -0.1) is 0 Å². The zero-order valence-corrected chi connectivity index (χ0v) is 16.2. The fourth-order valence-electron chi connectivity index (χ4n) is 5.03.